The number of rotatable bonds is 5. The molecule has 4 aromatic rings. The summed E-state index contributed by atoms with van der Waals surface area (Å²) in [7, 11) is 0. The van der Waals surface area contributed by atoms with Gasteiger partial charge in [0.05, 0.1) is 24.5 Å². The molecule has 0 unspecified atom stereocenters. The van der Waals surface area contributed by atoms with Gasteiger partial charge in [-0.15, -0.1) is 10.2 Å². The number of hydrogen-bond acceptors (Lipinski definition) is 7. The molecule has 35 heavy (non-hydrogen) atoms. The number of halogens is 1. The molecule has 2 aromatic carbocycles. The smallest absolute Gasteiger partial charge is 0.233 e. The van der Waals surface area contributed by atoms with Crippen molar-refractivity contribution in [2.75, 3.05) is 32.1 Å². The first-order chi connectivity index (χ1) is 17.1. The van der Waals surface area contributed by atoms with Crippen molar-refractivity contribution in [2.24, 2.45) is 0 Å². The molecule has 0 bridgehead atoms. The van der Waals surface area contributed by atoms with E-state index < -0.39 is 5.79 Å². The fraction of sp³-hybridized carbons (Fsp3) is 0.360. The molecule has 2 aromatic heterocycles. The van der Waals surface area contributed by atoms with Gasteiger partial charge in [-0.2, -0.15) is 0 Å². The molecule has 1 spiro atoms. The minimum atomic E-state index is -0.488. The van der Waals surface area contributed by atoms with Crippen LogP contribution in [0.4, 0.5) is 0 Å². The Bertz CT molecular complexity index is 1390. The lowest BCUT2D eigenvalue weighted by molar-refractivity contribution is -0.186. The maximum absolute atomic E-state index is 12.8. The molecule has 0 saturated carbocycles. The van der Waals surface area contributed by atoms with Gasteiger partial charge in [-0.3, -0.25) is 4.79 Å². The number of piperidine rings is 1. The van der Waals surface area contributed by atoms with Gasteiger partial charge in [0.25, 0.3) is 0 Å². The number of carbonyl (C=O) groups is 1. The number of para-hydroxylation sites is 1. The van der Waals surface area contributed by atoms with Crippen molar-refractivity contribution < 1.29 is 14.3 Å². The summed E-state index contributed by atoms with van der Waals surface area (Å²) in [4.78, 5) is 19.5. The highest BCUT2D eigenvalue weighted by Gasteiger charge is 2.40. The van der Waals surface area contributed by atoms with Crippen LogP contribution in [0.2, 0.25) is 5.02 Å². The normalized spacial score (nSPS) is 17.6. The van der Waals surface area contributed by atoms with Gasteiger partial charge in [0.15, 0.2) is 11.4 Å². The molecule has 2 saturated heterocycles. The first kappa shape index (κ1) is 22.7. The molecule has 1 amide bonds. The molecule has 0 aliphatic carbocycles. The number of fused-ring (bicyclic) bond motifs is 3. The third-order valence-corrected chi connectivity index (χ3v) is 7.66. The maximum Gasteiger partial charge on any atom is 0.233 e. The van der Waals surface area contributed by atoms with Crippen LogP contribution in [0.15, 0.2) is 53.7 Å². The van der Waals surface area contributed by atoms with E-state index in [9.17, 15) is 4.79 Å². The molecule has 2 aliphatic rings. The third-order valence-electron chi connectivity index (χ3n) is 6.60. The van der Waals surface area contributed by atoms with Crippen LogP contribution in [0.25, 0.3) is 22.1 Å². The van der Waals surface area contributed by atoms with Crippen LogP contribution in [0.5, 0.6) is 0 Å². The average Bonchev–Trinajstić information content (AvgIpc) is 3.46. The van der Waals surface area contributed by atoms with E-state index >= 15 is 0 Å². The van der Waals surface area contributed by atoms with Crippen molar-refractivity contribution >= 4 is 51.3 Å². The van der Waals surface area contributed by atoms with E-state index in [4.69, 9.17) is 26.1 Å². The first-order valence-electron chi connectivity index (χ1n) is 11.6. The van der Waals surface area contributed by atoms with Crippen molar-refractivity contribution in [1.82, 2.24) is 24.6 Å². The highest BCUT2D eigenvalue weighted by atomic mass is 35.5. The van der Waals surface area contributed by atoms with Crippen LogP contribution in [-0.4, -0.2) is 68.4 Å². The lowest BCUT2D eigenvalue weighted by Crippen LogP contribution is -2.47. The molecule has 4 heterocycles. The summed E-state index contributed by atoms with van der Waals surface area (Å²) in [5.74, 6) is -0.166. The van der Waals surface area contributed by atoms with Gasteiger partial charge < -0.3 is 18.9 Å². The predicted octanol–water partition coefficient (Wildman–Crippen LogP) is 4.14. The summed E-state index contributed by atoms with van der Waals surface area (Å²) in [5, 5.41) is 11.0. The Morgan fingerprint density at radius 3 is 2.66 bits per heavy atom. The van der Waals surface area contributed by atoms with Crippen LogP contribution >= 0.6 is 23.4 Å². The molecular weight excluding hydrogens is 486 g/mol. The number of thioether (sulfide) groups is 1. The number of amides is 1. The zero-order valence-electron chi connectivity index (χ0n) is 19.0. The zero-order chi connectivity index (χ0) is 23.8. The van der Waals surface area contributed by atoms with Crippen LogP contribution in [0.1, 0.15) is 18.4 Å². The minimum absolute atomic E-state index is 0.0611. The topological polar surface area (TPSA) is 82.4 Å². The summed E-state index contributed by atoms with van der Waals surface area (Å²) >= 11 is 7.53. The van der Waals surface area contributed by atoms with Gasteiger partial charge in [-0.1, -0.05) is 53.7 Å². The Kier molecular flexibility index (Phi) is 6.09. The van der Waals surface area contributed by atoms with E-state index in [0.717, 1.165) is 27.6 Å². The number of nitrogens with zero attached hydrogens (tertiary/aromatic N) is 5. The third kappa shape index (κ3) is 4.49. The van der Waals surface area contributed by atoms with E-state index in [2.05, 4.69) is 20.8 Å². The van der Waals surface area contributed by atoms with Crippen LogP contribution in [0, 0.1) is 0 Å². The Morgan fingerprint density at radius 2 is 1.86 bits per heavy atom. The van der Waals surface area contributed by atoms with Gasteiger partial charge >= 0.3 is 0 Å². The quantitative estimate of drug-likeness (QED) is 0.374. The number of hydrogen-bond donors (Lipinski definition) is 0. The van der Waals surface area contributed by atoms with Crippen molar-refractivity contribution in [3.05, 3.63) is 59.1 Å². The summed E-state index contributed by atoms with van der Waals surface area (Å²) in [6.45, 7) is 3.12. The van der Waals surface area contributed by atoms with Crippen molar-refractivity contribution in [3.8, 4) is 0 Å². The van der Waals surface area contributed by atoms with E-state index in [1.54, 1.807) is 0 Å². The fourth-order valence-electron chi connectivity index (χ4n) is 4.83. The second kappa shape index (κ2) is 9.39. The molecule has 0 atom stereocenters. The minimum Gasteiger partial charge on any atom is -0.347 e. The number of carbonyl (C=O) groups excluding carboxylic acids is 1. The first-order valence-corrected chi connectivity index (χ1v) is 13.0. The Morgan fingerprint density at radius 1 is 1.06 bits per heavy atom. The predicted molar refractivity (Wildman–Crippen MR) is 135 cm³/mol. The highest BCUT2D eigenvalue weighted by molar-refractivity contribution is 7.99. The van der Waals surface area contributed by atoms with Crippen molar-refractivity contribution in [2.45, 2.75) is 30.3 Å². The Balaban J connectivity index is 1.22. The summed E-state index contributed by atoms with van der Waals surface area (Å²) in [6, 6.07) is 15.9. The second-order valence-corrected chi connectivity index (χ2v) is 10.2. The summed E-state index contributed by atoms with van der Waals surface area (Å²) in [5.41, 5.74) is 3.59. The van der Waals surface area contributed by atoms with E-state index in [-0.39, 0.29) is 11.7 Å². The fourth-order valence-corrected chi connectivity index (χ4v) is 5.73. The second-order valence-electron chi connectivity index (χ2n) is 8.78. The van der Waals surface area contributed by atoms with Gasteiger partial charge in [0, 0.05) is 42.9 Å². The molecule has 2 fully saturated rings. The van der Waals surface area contributed by atoms with Gasteiger partial charge in [-0.25, -0.2) is 4.98 Å². The molecule has 10 heteroatoms. The molecule has 6 rings (SSSR count). The SMILES string of the molecule is O=C(CSc1nnc2c3ccccc3n(Cc3cccc(Cl)c3)c2n1)N1CCC2(CC1)OCCO2. The van der Waals surface area contributed by atoms with Crippen molar-refractivity contribution in [1.29, 1.82) is 0 Å². The maximum atomic E-state index is 12.8. The van der Waals surface area contributed by atoms with E-state index in [0.29, 0.717) is 55.9 Å². The molecule has 2 aliphatic heterocycles. The molecule has 180 valence electrons. The van der Waals surface area contributed by atoms with Crippen LogP contribution in [0.3, 0.4) is 0 Å². The highest BCUT2D eigenvalue weighted by Crippen LogP contribution is 2.32. The number of aromatic nitrogens is 4. The Hall–Kier alpha value is -2.72. The average molecular weight is 510 g/mol. The monoisotopic (exact) mass is 509 g/mol. The van der Waals surface area contributed by atoms with E-state index in [1.807, 2.05) is 47.4 Å². The van der Waals surface area contributed by atoms with Crippen LogP contribution < -0.4 is 0 Å². The lowest BCUT2D eigenvalue weighted by atomic mass is 10.0. The zero-order valence-corrected chi connectivity index (χ0v) is 20.6. The largest absolute Gasteiger partial charge is 0.347 e. The summed E-state index contributed by atoms with van der Waals surface area (Å²) < 4.78 is 13.7. The molecular formula is C25H24ClN5O3S. The molecule has 0 N–H and O–H groups in total. The lowest BCUT2D eigenvalue weighted by Gasteiger charge is -2.37. The van der Waals surface area contributed by atoms with Crippen LogP contribution in [-0.2, 0) is 20.8 Å². The summed E-state index contributed by atoms with van der Waals surface area (Å²) in [6.07, 6.45) is 1.41. The number of benzene rings is 2. The Labute approximate surface area is 211 Å². The molecule has 8 nitrogen and oxygen atoms in total. The number of likely N-dealkylation sites (tertiary alicyclic amines) is 1. The van der Waals surface area contributed by atoms with Gasteiger partial charge in [0.2, 0.25) is 11.1 Å². The van der Waals surface area contributed by atoms with Gasteiger partial charge in [0.1, 0.15) is 5.52 Å². The van der Waals surface area contributed by atoms with Crippen molar-refractivity contribution in [3.63, 3.8) is 0 Å². The van der Waals surface area contributed by atoms with E-state index in [1.165, 1.54) is 11.8 Å². The number of ether oxygens (including phenoxy) is 2. The standard InChI is InChI=1S/C25H24ClN5O3S/c26-18-5-3-4-17(14-18)15-31-20-7-2-1-6-19(20)22-23(31)27-24(29-28-22)35-16-21(32)30-10-8-25(9-11-30)33-12-13-34-25/h1-7,14H,8-13,15-16H2. The molecule has 0 radical (unpaired) electrons. The van der Waals surface area contributed by atoms with Gasteiger partial charge in [-0.05, 0) is 23.8 Å².